The molecule has 0 aliphatic rings. The lowest BCUT2D eigenvalue weighted by atomic mass is 10.3. The highest BCUT2D eigenvalue weighted by molar-refractivity contribution is 8.11. The minimum atomic E-state index is -0.919. The summed E-state index contributed by atoms with van der Waals surface area (Å²) in [4.78, 5) is 9.67. The summed E-state index contributed by atoms with van der Waals surface area (Å²) in [6.45, 7) is 0. The van der Waals surface area contributed by atoms with Crippen LogP contribution >= 0.6 is 11.8 Å². The molecule has 1 atom stereocenters. The fourth-order valence-corrected chi connectivity index (χ4v) is 0.748. The van der Waals surface area contributed by atoms with Crippen LogP contribution in [0.15, 0.2) is 0 Å². The Morgan fingerprint density at radius 1 is 1.89 bits per heavy atom. The third-order valence-corrected chi connectivity index (χ3v) is 1.33. The van der Waals surface area contributed by atoms with Crippen LogP contribution in [0.3, 0.4) is 0 Å². The zero-order chi connectivity index (χ0) is 7.11. The Kier molecular flexibility index (Phi) is 5.27. The van der Waals surface area contributed by atoms with Gasteiger partial charge in [-0.2, -0.15) is 5.26 Å². The maximum atomic E-state index is 9.67. The number of rotatable bonds is 4. The summed E-state index contributed by atoms with van der Waals surface area (Å²) in [6, 6.07) is 1.65. The van der Waals surface area contributed by atoms with Gasteiger partial charge in [-0.15, -0.1) is 0 Å². The fraction of sp³-hybridized carbons (Fsp3) is 0.600. The molecule has 0 aromatic rings. The summed E-state index contributed by atoms with van der Waals surface area (Å²) in [7, 11) is 0. The Morgan fingerprint density at radius 3 is 3.00 bits per heavy atom. The van der Waals surface area contributed by atoms with E-state index in [0.717, 1.165) is 11.8 Å². The minimum Gasteiger partial charge on any atom is -0.378 e. The highest BCUT2D eigenvalue weighted by Crippen LogP contribution is 1.99. The van der Waals surface area contributed by atoms with Crippen molar-refractivity contribution in [3.05, 3.63) is 0 Å². The van der Waals surface area contributed by atoms with Crippen LogP contribution in [-0.4, -0.2) is 22.6 Å². The number of carbonyl (C=O) groups excluding carboxylic acids is 1. The molecule has 0 aliphatic heterocycles. The van der Waals surface area contributed by atoms with Gasteiger partial charge in [0.05, 0.1) is 6.07 Å². The maximum Gasteiger partial charge on any atom is 0.176 e. The second-order valence-corrected chi connectivity index (χ2v) is 2.33. The lowest BCUT2D eigenvalue weighted by Gasteiger charge is -1.95. The summed E-state index contributed by atoms with van der Waals surface area (Å²) in [6.07, 6.45) is -0.558. The van der Waals surface area contributed by atoms with Crippen LogP contribution in [0.4, 0.5) is 0 Å². The van der Waals surface area contributed by atoms with E-state index in [-0.39, 0.29) is 0 Å². The van der Waals surface area contributed by atoms with E-state index in [2.05, 4.69) is 0 Å². The van der Waals surface area contributed by atoms with Crippen LogP contribution in [-0.2, 0) is 4.79 Å². The lowest BCUT2D eigenvalue weighted by molar-refractivity contribution is 0.227. The zero-order valence-electron chi connectivity index (χ0n) is 4.78. The van der Waals surface area contributed by atoms with Crippen molar-refractivity contribution in [3.63, 3.8) is 0 Å². The van der Waals surface area contributed by atoms with E-state index in [9.17, 15) is 4.79 Å². The second-order valence-electron chi connectivity index (χ2n) is 1.40. The number of hydrogen-bond acceptors (Lipinski definition) is 4. The first-order valence-corrected chi connectivity index (χ1v) is 3.49. The van der Waals surface area contributed by atoms with Gasteiger partial charge in [-0.1, -0.05) is 11.8 Å². The smallest absolute Gasteiger partial charge is 0.176 e. The molecular formula is C5H7NO2S. The summed E-state index contributed by atoms with van der Waals surface area (Å²) >= 11 is 1.06. The predicted octanol–water partition coefficient (Wildman–Crippen LogP) is 0.184. The van der Waals surface area contributed by atoms with E-state index in [1.54, 1.807) is 6.07 Å². The molecule has 9 heavy (non-hydrogen) atoms. The number of thioether (sulfide) groups is 1. The van der Waals surface area contributed by atoms with Crippen molar-refractivity contribution in [2.75, 3.05) is 5.75 Å². The van der Waals surface area contributed by atoms with Gasteiger partial charge in [-0.25, -0.2) is 0 Å². The number of hydrogen-bond donors (Lipinski definition) is 1. The van der Waals surface area contributed by atoms with E-state index in [4.69, 9.17) is 10.4 Å². The normalized spacial score (nSPS) is 12.0. The van der Waals surface area contributed by atoms with Crippen molar-refractivity contribution >= 4 is 17.4 Å². The third-order valence-electron chi connectivity index (χ3n) is 0.726. The average molecular weight is 145 g/mol. The van der Waals surface area contributed by atoms with Crippen molar-refractivity contribution in [1.29, 1.82) is 5.26 Å². The summed E-state index contributed by atoms with van der Waals surface area (Å²) in [5.41, 5.74) is 0.699. The molecule has 3 nitrogen and oxygen atoms in total. The van der Waals surface area contributed by atoms with Crippen LogP contribution < -0.4 is 0 Å². The molecule has 0 bridgehead atoms. The number of aliphatic hydroxyl groups excluding tert-OH is 1. The van der Waals surface area contributed by atoms with Gasteiger partial charge in [0.1, 0.15) is 6.10 Å². The van der Waals surface area contributed by atoms with Crippen LogP contribution in [0.5, 0.6) is 0 Å². The van der Waals surface area contributed by atoms with Crippen LogP contribution in [0, 0.1) is 11.3 Å². The van der Waals surface area contributed by atoms with Crippen molar-refractivity contribution in [2.45, 2.75) is 12.5 Å². The summed E-state index contributed by atoms with van der Waals surface area (Å²) in [5.74, 6) is 0.512. The number of nitrogens with zero attached hydrogens (tertiary/aromatic N) is 1. The van der Waals surface area contributed by atoms with Crippen LogP contribution in [0.2, 0.25) is 0 Å². The minimum absolute atomic E-state index is 0.361. The third kappa shape index (κ3) is 5.34. The fourth-order valence-electron chi connectivity index (χ4n) is 0.292. The first kappa shape index (κ1) is 8.47. The molecule has 50 valence electrons. The van der Waals surface area contributed by atoms with Gasteiger partial charge in [0.25, 0.3) is 0 Å². The molecule has 0 heterocycles. The zero-order valence-corrected chi connectivity index (χ0v) is 5.60. The van der Waals surface area contributed by atoms with Crippen LogP contribution in [0.1, 0.15) is 6.42 Å². The Labute approximate surface area is 57.7 Å². The Balaban J connectivity index is 3.08. The molecule has 0 saturated carbocycles. The molecule has 0 aromatic heterocycles. The molecule has 4 heteroatoms. The summed E-state index contributed by atoms with van der Waals surface area (Å²) < 4.78 is 0. The molecule has 0 radical (unpaired) electrons. The molecule has 0 spiro atoms. The van der Waals surface area contributed by atoms with Gasteiger partial charge in [-0.05, 0) is 6.42 Å². The molecule has 0 aromatic carbocycles. The Morgan fingerprint density at radius 2 is 2.56 bits per heavy atom. The highest BCUT2D eigenvalue weighted by atomic mass is 32.2. The van der Waals surface area contributed by atoms with Gasteiger partial charge in [0, 0.05) is 5.75 Å². The predicted molar refractivity (Wildman–Crippen MR) is 35.4 cm³/mol. The van der Waals surface area contributed by atoms with E-state index < -0.39 is 6.10 Å². The van der Waals surface area contributed by atoms with Gasteiger partial charge in [0.15, 0.2) is 5.62 Å². The maximum absolute atomic E-state index is 9.67. The van der Waals surface area contributed by atoms with Gasteiger partial charge in [-0.3, -0.25) is 4.79 Å². The topological polar surface area (TPSA) is 61.1 Å². The van der Waals surface area contributed by atoms with Gasteiger partial charge < -0.3 is 5.11 Å². The first-order valence-electron chi connectivity index (χ1n) is 2.44. The largest absolute Gasteiger partial charge is 0.378 e. The molecule has 1 N–H and O–H groups in total. The van der Waals surface area contributed by atoms with Crippen molar-refractivity contribution in [3.8, 4) is 6.07 Å². The molecule has 0 aliphatic carbocycles. The monoisotopic (exact) mass is 145 g/mol. The van der Waals surface area contributed by atoms with E-state index in [1.165, 1.54) is 0 Å². The average Bonchev–Trinajstić information content (AvgIpc) is 1.89. The molecule has 0 amide bonds. The molecule has 0 fully saturated rings. The SMILES string of the molecule is N#CC(O)CCSC=O. The van der Waals surface area contributed by atoms with Gasteiger partial charge in [0.2, 0.25) is 0 Å². The van der Waals surface area contributed by atoms with E-state index in [1.807, 2.05) is 0 Å². The lowest BCUT2D eigenvalue weighted by Crippen LogP contribution is -2.02. The van der Waals surface area contributed by atoms with Crippen molar-refractivity contribution < 1.29 is 9.90 Å². The first-order chi connectivity index (χ1) is 4.31. The quantitative estimate of drug-likeness (QED) is 0.348. The Bertz CT molecular complexity index is 121. The summed E-state index contributed by atoms with van der Waals surface area (Å²) in [5, 5.41) is 16.6. The van der Waals surface area contributed by atoms with E-state index >= 15 is 0 Å². The molecule has 0 saturated heterocycles. The van der Waals surface area contributed by atoms with Crippen molar-refractivity contribution in [2.24, 2.45) is 0 Å². The van der Waals surface area contributed by atoms with Gasteiger partial charge >= 0.3 is 0 Å². The number of aliphatic hydroxyl groups is 1. The Hall–Kier alpha value is -0.530. The molecule has 1 unspecified atom stereocenters. The number of carbonyl (C=O) groups is 1. The number of nitriles is 1. The van der Waals surface area contributed by atoms with Crippen molar-refractivity contribution in [1.82, 2.24) is 0 Å². The standard InChI is InChI=1S/C5H7NO2S/c6-3-5(8)1-2-9-4-7/h4-5,8H,1-2H2. The molecule has 0 rings (SSSR count). The van der Waals surface area contributed by atoms with E-state index in [0.29, 0.717) is 17.8 Å². The van der Waals surface area contributed by atoms with Crippen LogP contribution in [0.25, 0.3) is 0 Å². The second kappa shape index (κ2) is 5.60. The molecular weight excluding hydrogens is 138 g/mol. The highest BCUT2D eigenvalue weighted by Gasteiger charge is 1.98.